The molecule has 2 rings (SSSR count). The molecule has 0 bridgehead atoms. The quantitative estimate of drug-likeness (QED) is 0.858. The molecule has 0 aliphatic rings. The number of nitrogens with one attached hydrogen (secondary N) is 1. The Bertz CT molecular complexity index is 540. The highest BCUT2D eigenvalue weighted by Crippen LogP contribution is 2.19. The molecule has 1 aromatic heterocycles. The lowest BCUT2D eigenvalue weighted by Crippen LogP contribution is -2.09. The summed E-state index contributed by atoms with van der Waals surface area (Å²) >= 11 is 0. The molecule has 0 aliphatic carbocycles. The Balaban J connectivity index is 2.38. The minimum atomic E-state index is -0.0275. The first kappa shape index (κ1) is 11.6. The first-order chi connectivity index (χ1) is 8.16. The van der Waals surface area contributed by atoms with Gasteiger partial charge in [-0.05, 0) is 29.0 Å². The van der Waals surface area contributed by atoms with Gasteiger partial charge in [-0.1, -0.05) is 44.2 Å². The molecule has 0 fully saturated rings. The van der Waals surface area contributed by atoms with Gasteiger partial charge in [0, 0.05) is 12.3 Å². The van der Waals surface area contributed by atoms with E-state index in [1.807, 2.05) is 24.4 Å². The zero-order valence-electron chi connectivity index (χ0n) is 10.2. The van der Waals surface area contributed by atoms with E-state index in [-0.39, 0.29) is 5.56 Å². The highest BCUT2D eigenvalue weighted by Gasteiger charge is 2.07. The molecule has 2 heteroatoms. The number of pyridine rings is 1. The summed E-state index contributed by atoms with van der Waals surface area (Å²) in [6, 6.07) is 11.9. The molecule has 88 valence electrons. The van der Waals surface area contributed by atoms with Gasteiger partial charge < -0.3 is 4.98 Å². The molecule has 1 N–H and O–H groups in total. The average molecular weight is 227 g/mol. The van der Waals surface area contributed by atoms with E-state index < -0.39 is 0 Å². The largest absolute Gasteiger partial charge is 0.329 e. The number of rotatable bonds is 3. The van der Waals surface area contributed by atoms with Gasteiger partial charge in [-0.2, -0.15) is 0 Å². The zero-order valence-corrected chi connectivity index (χ0v) is 10.2. The summed E-state index contributed by atoms with van der Waals surface area (Å²) in [4.78, 5) is 14.2. The van der Waals surface area contributed by atoms with Crippen LogP contribution in [0.5, 0.6) is 0 Å². The second kappa shape index (κ2) is 5.00. The zero-order chi connectivity index (χ0) is 12.3. The van der Waals surface area contributed by atoms with Gasteiger partial charge in [-0.3, -0.25) is 4.79 Å². The normalized spacial score (nSPS) is 10.8. The smallest absolute Gasteiger partial charge is 0.248 e. The molecule has 0 radical (unpaired) electrons. The van der Waals surface area contributed by atoms with Gasteiger partial charge >= 0.3 is 0 Å². The Morgan fingerprint density at radius 3 is 2.53 bits per heavy atom. The van der Waals surface area contributed by atoms with Gasteiger partial charge in [0.15, 0.2) is 0 Å². The lowest BCUT2D eigenvalue weighted by Gasteiger charge is -2.11. The third kappa shape index (κ3) is 2.84. The van der Waals surface area contributed by atoms with Crippen molar-refractivity contribution in [1.29, 1.82) is 0 Å². The molecule has 0 saturated carbocycles. The summed E-state index contributed by atoms with van der Waals surface area (Å²) < 4.78 is 0. The maximum Gasteiger partial charge on any atom is 0.248 e. The summed E-state index contributed by atoms with van der Waals surface area (Å²) in [6.45, 7) is 4.28. The lowest BCUT2D eigenvalue weighted by molar-refractivity contribution is 0.835. The fourth-order valence-corrected chi connectivity index (χ4v) is 2.03. The summed E-state index contributed by atoms with van der Waals surface area (Å²) in [5.74, 6) is 0.422. The van der Waals surface area contributed by atoms with Gasteiger partial charge in [0.25, 0.3) is 0 Å². The third-order valence-corrected chi connectivity index (χ3v) is 2.91. The van der Waals surface area contributed by atoms with Crippen molar-refractivity contribution in [1.82, 2.24) is 4.98 Å². The second-order valence-corrected chi connectivity index (χ2v) is 4.59. The van der Waals surface area contributed by atoms with Gasteiger partial charge in [0.2, 0.25) is 5.56 Å². The highest BCUT2D eigenvalue weighted by atomic mass is 16.1. The van der Waals surface area contributed by atoms with Crippen molar-refractivity contribution in [3.8, 4) is 0 Å². The molecule has 17 heavy (non-hydrogen) atoms. The SMILES string of the molecule is CC(C)c1c[nH]c(=O)cc1Cc1ccccc1. The maximum atomic E-state index is 11.4. The van der Waals surface area contributed by atoms with Crippen LogP contribution in [0.25, 0.3) is 0 Å². The Kier molecular flexibility index (Phi) is 3.43. The highest BCUT2D eigenvalue weighted by molar-refractivity contribution is 5.32. The number of H-pyrrole nitrogens is 1. The Morgan fingerprint density at radius 1 is 1.18 bits per heavy atom. The monoisotopic (exact) mass is 227 g/mol. The van der Waals surface area contributed by atoms with Crippen LogP contribution in [0.4, 0.5) is 0 Å². The van der Waals surface area contributed by atoms with Crippen molar-refractivity contribution >= 4 is 0 Å². The predicted octanol–water partition coefficient (Wildman–Crippen LogP) is 3.09. The Hall–Kier alpha value is -1.83. The van der Waals surface area contributed by atoms with Crippen LogP contribution in [0.1, 0.15) is 36.5 Å². The number of aromatic nitrogens is 1. The van der Waals surface area contributed by atoms with Crippen LogP contribution in [0.15, 0.2) is 47.4 Å². The van der Waals surface area contributed by atoms with E-state index in [4.69, 9.17) is 0 Å². The van der Waals surface area contributed by atoms with Crippen molar-refractivity contribution in [3.63, 3.8) is 0 Å². The molecule has 0 atom stereocenters. The molecule has 2 nitrogen and oxygen atoms in total. The fourth-order valence-electron chi connectivity index (χ4n) is 2.03. The Morgan fingerprint density at radius 2 is 1.88 bits per heavy atom. The lowest BCUT2D eigenvalue weighted by atomic mass is 9.95. The van der Waals surface area contributed by atoms with Crippen LogP contribution in [0.3, 0.4) is 0 Å². The van der Waals surface area contributed by atoms with E-state index in [0.29, 0.717) is 5.92 Å². The van der Waals surface area contributed by atoms with Crippen molar-refractivity contribution in [3.05, 3.63) is 69.6 Å². The number of benzene rings is 1. The minimum absolute atomic E-state index is 0.0275. The first-order valence-corrected chi connectivity index (χ1v) is 5.92. The summed E-state index contributed by atoms with van der Waals surface area (Å²) in [7, 11) is 0. The number of hydrogen-bond acceptors (Lipinski definition) is 1. The molecular formula is C15H17NO. The average Bonchev–Trinajstić information content (AvgIpc) is 2.30. The van der Waals surface area contributed by atoms with Crippen molar-refractivity contribution in [2.75, 3.05) is 0 Å². The summed E-state index contributed by atoms with van der Waals surface area (Å²) in [6.07, 6.45) is 2.66. The van der Waals surface area contributed by atoms with Crippen LogP contribution in [0, 0.1) is 0 Å². The summed E-state index contributed by atoms with van der Waals surface area (Å²) in [5.41, 5.74) is 3.55. The number of aromatic amines is 1. The van der Waals surface area contributed by atoms with E-state index in [1.54, 1.807) is 6.07 Å². The van der Waals surface area contributed by atoms with Crippen LogP contribution < -0.4 is 5.56 Å². The molecule has 0 unspecified atom stereocenters. The topological polar surface area (TPSA) is 32.9 Å². The van der Waals surface area contributed by atoms with Gasteiger partial charge in [-0.15, -0.1) is 0 Å². The van der Waals surface area contributed by atoms with Crippen molar-refractivity contribution < 1.29 is 0 Å². The van der Waals surface area contributed by atoms with E-state index in [0.717, 1.165) is 12.0 Å². The molecule has 0 amide bonds. The van der Waals surface area contributed by atoms with Gasteiger partial charge in [-0.25, -0.2) is 0 Å². The minimum Gasteiger partial charge on any atom is -0.329 e. The Labute approximate surface area is 101 Å². The maximum absolute atomic E-state index is 11.4. The third-order valence-electron chi connectivity index (χ3n) is 2.91. The van der Waals surface area contributed by atoms with E-state index in [2.05, 4.69) is 31.0 Å². The van der Waals surface area contributed by atoms with E-state index in [9.17, 15) is 4.79 Å². The van der Waals surface area contributed by atoms with Crippen LogP contribution in [0.2, 0.25) is 0 Å². The molecular weight excluding hydrogens is 210 g/mol. The van der Waals surface area contributed by atoms with Crippen molar-refractivity contribution in [2.45, 2.75) is 26.2 Å². The fraction of sp³-hybridized carbons (Fsp3) is 0.267. The molecule has 2 aromatic rings. The number of hydrogen-bond donors (Lipinski definition) is 1. The van der Waals surface area contributed by atoms with Crippen molar-refractivity contribution in [2.24, 2.45) is 0 Å². The van der Waals surface area contributed by atoms with Gasteiger partial charge in [0.05, 0.1) is 0 Å². The van der Waals surface area contributed by atoms with E-state index >= 15 is 0 Å². The predicted molar refractivity (Wildman–Crippen MR) is 70.4 cm³/mol. The molecule has 0 spiro atoms. The van der Waals surface area contributed by atoms with E-state index in [1.165, 1.54) is 11.1 Å². The molecule has 0 saturated heterocycles. The van der Waals surface area contributed by atoms with Crippen LogP contribution >= 0.6 is 0 Å². The van der Waals surface area contributed by atoms with Gasteiger partial charge in [0.1, 0.15) is 0 Å². The standard InChI is InChI=1S/C15H17NO/c1-11(2)14-10-16-15(17)9-13(14)8-12-6-4-3-5-7-12/h3-7,9-11H,8H2,1-2H3,(H,16,17). The van der Waals surface area contributed by atoms with Crippen LogP contribution in [-0.4, -0.2) is 4.98 Å². The summed E-state index contributed by atoms with van der Waals surface area (Å²) in [5, 5.41) is 0. The van der Waals surface area contributed by atoms with Crippen LogP contribution in [-0.2, 0) is 6.42 Å². The molecule has 1 aromatic carbocycles. The first-order valence-electron chi connectivity index (χ1n) is 5.92. The second-order valence-electron chi connectivity index (χ2n) is 4.59. The molecule has 0 aliphatic heterocycles. The molecule has 1 heterocycles.